The summed E-state index contributed by atoms with van der Waals surface area (Å²) in [5, 5.41) is 17.8. The van der Waals surface area contributed by atoms with Crippen LogP contribution < -0.4 is 5.32 Å². The van der Waals surface area contributed by atoms with Crippen molar-refractivity contribution in [2.24, 2.45) is 0 Å². The van der Waals surface area contributed by atoms with Crippen LogP contribution >= 0.6 is 11.3 Å². The summed E-state index contributed by atoms with van der Waals surface area (Å²) >= 11 is 1.62. The third kappa shape index (κ3) is 2.28. The number of hydrogen-bond donors (Lipinski definition) is 2. The molecule has 2 N–H and O–H groups in total. The molecule has 2 nitrogen and oxygen atoms in total. The average molecular weight is 307 g/mol. The van der Waals surface area contributed by atoms with E-state index in [0.717, 1.165) is 5.56 Å². The smallest absolute Gasteiger partial charge is 0.0922 e. The minimum absolute atomic E-state index is 0.153. The second-order valence-electron chi connectivity index (χ2n) is 5.59. The minimum Gasteiger partial charge on any atom is -0.387 e. The molecule has 4 rings (SSSR count). The molecule has 1 aromatic heterocycles. The summed E-state index contributed by atoms with van der Waals surface area (Å²) in [6.07, 6.45) is -0.467. The Morgan fingerprint density at radius 2 is 1.59 bits per heavy atom. The van der Waals surface area contributed by atoms with Gasteiger partial charge in [-0.25, -0.2) is 0 Å². The first-order valence-electron chi connectivity index (χ1n) is 7.46. The lowest BCUT2D eigenvalue weighted by Gasteiger charge is -2.18. The van der Waals surface area contributed by atoms with Crippen molar-refractivity contribution in [3.05, 3.63) is 82.0 Å². The van der Waals surface area contributed by atoms with Gasteiger partial charge in [0.15, 0.2) is 0 Å². The van der Waals surface area contributed by atoms with Crippen molar-refractivity contribution in [2.45, 2.75) is 12.1 Å². The van der Waals surface area contributed by atoms with Gasteiger partial charge in [-0.1, -0.05) is 48.5 Å². The molecule has 1 atom stereocenters. The quantitative estimate of drug-likeness (QED) is 0.759. The first-order chi connectivity index (χ1) is 10.8. The third-order valence-corrected chi connectivity index (χ3v) is 4.98. The van der Waals surface area contributed by atoms with E-state index in [1.807, 2.05) is 16.8 Å². The van der Waals surface area contributed by atoms with E-state index < -0.39 is 6.10 Å². The molecule has 0 bridgehead atoms. The van der Waals surface area contributed by atoms with Gasteiger partial charge in [0.1, 0.15) is 0 Å². The predicted molar refractivity (Wildman–Crippen MR) is 91.0 cm³/mol. The molecule has 0 amide bonds. The first-order valence-corrected chi connectivity index (χ1v) is 8.40. The summed E-state index contributed by atoms with van der Waals surface area (Å²) in [6, 6.07) is 19.1. The van der Waals surface area contributed by atoms with E-state index in [1.54, 1.807) is 11.3 Å². The van der Waals surface area contributed by atoms with Crippen LogP contribution in [0.2, 0.25) is 0 Å². The van der Waals surface area contributed by atoms with Gasteiger partial charge in [0.2, 0.25) is 0 Å². The van der Waals surface area contributed by atoms with E-state index in [9.17, 15) is 5.11 Å². The molecule has 0 saturated carbocycles. The van der Waals surface area contributed by atoms with Gasteiger partial charge in [-0.05, 0) is 44.6 Å². The molecule has 1 heterocycles. The highest BCUT2D eigenvalue weighted by Crippen LogP contribution is 2.43. The maximum atomic E-state index is 10.3. The maximum Gasteiger partial charge on any atom is 0.0922 e. The van der Waals surface area contributed by atoms with Crippen molar-refractivity contribution in [1.82, 2.24) is 5.32 Å². The van der Waals surface area contributed by atoms with Gasteiger partial charge < -0.3 is 10.4 Å². The molecular weight excluding hydrogens is 290 g/mol. The van der Waals surface area contributed by atoms with Crippen molar-refractivity contribution in [1.29, 1.82) is 0 Å². The van der Waals surface area contributed by atoms with Crippen LogP contribution in [0.1, 0.15) is 28.8 Å². The highest BCUT2D eigenvalue weighted by atomic mass is 32.1. The lowest BCUT2D eigenvalue weighted by molar-refractivity contribution is 0.172. The van der Waals surface area contributed by atoms with Crippen LogP contribution in [0.3, 0.4) is 0 Å². The second kappa shape index (κ2) is 5.69. The summed E-state index contributed by atoms with van der Waals surface area (Å²) in [4.78, 5) is 0. The highest BCUT2D eigenvalue weighted by molar-refractivity contribution is 7.07. The fourth-order valence-corrected chi connectivity index (χ4v) is 3.89. The molecular formula is C19H17NOS. The van der Waals surface area contributed by atoms with E-state index >= 15 is 0 Å². The highest BCUT2D eigenvalue weighted by Gasteiger charge is 2.27. The fourth-order valence-electron chi connectivity index (χ4n) is 3.19. The Kier molecular flexibility index (Phi) is 3.54. The van der Waals surface area contributed by atoms with Crippen LogP contribution in [0.25, 0.3) is 11.1 Å². The zero-order chi connectivity index (χ0) is 14.9. The Labute approximate surface area is 134 Å². The number of aliphatic hydroxyl groups excluding tert-OH is 1. The summed E-state index contributed by atoms with van der Waals surface area (Å²) in [7, 11) is 0. The Bertz CT molecular complexity index is 736. The Hall–Kier alpha value is -1.94. The largest absolute Gasteiger partial charge is 0.387 e. The normalized spacial score (nSPS) is 14.6. The molecule has 0 aliphatic heterocycles. The van der Waals surface area contributed by atoms with Crippen LogP contribution in [0.4, 0.5) is 0 Å². The molecule has 110 valence electrons. The van der Waals surface area contributed by atoms with Crippen molar-refractivity contribution in [3.8, 4) is 11.1 Å². The van der Waals surface area contributed by atoms with Crippen molar-refractivity contribution < 1.29 is 5.11 Å². The lowest BCUT2D eigenvalue weighted by atomic mass is 10.0. The molecule has 22 heavy (non-hydrogen) atoms. The zero-order valence-electron chi connectivity index (χ0n) is 12.1. The Morgan fingerprint density at radius 1 is 0.955 bits per heavy atom. The van der Waals surface area contributed by atoms with Gasteiger partial charge in [0.25, 0.3) is 0 Å². The van der Waals surface area contributed by atoms with Gasteiger partial charge in [-0.15, -0.1) is 0 Å². The number of hydrogen-bond acceptors (Lipinski definition) is 3. The molecule has 0 radical (unpaired) electrons. The van der Waals surface area contributed by atoms with E-state index in [2.05, 4.69) is 53.8 Å². The van der Waals surface area contributed by atoms with Crippen LogP contribution in [0.5, 0.6) is 0 Å². The predicted octanol–water partition coefficient (Wildman–Crippen LogP) is 4.14. The van der Waals surface area contributed by atoms with Crippen LogP contribution in [0.15, 0.2) is 65.4 Å². The fraction of sp³-hybridized carbons (Fsp3) is 0.158. The summed E-state index contributed by atoms with van der Waals surface area (Å²) in [6.45, 7) is 0.546. The van der Waals surface area contributed by atoms with Crippen molar-refractivity contribution >= 4 is 11.3 Å². The van der Waals surface area contributed by atoms with Gasteiger partial charge in [0, 0.05) is 6.54 Å². The minimum atomic E-state index is -0.467. The topological polar surface area (TPSA) is 32.3 Å². The lowest BCUT2D eigenvalue weighted by Crippen LogP contribution is -2.25. The second-order valence-corrected chi connectivity index (χ2v) is 6.37. The SMILES string of the molecule is OC(CNC1c2ccccc2-c2ccccc21)c1ccsc1. The average Bonchev–Trinajstić information content (AvgIpc) is 3.20. The Morgan fingerprint density at radius 3 is 2.18 bits per heavy atom. The molecule has 3 aromatic rings. The molecule has 0 fully saturated rings. The molecule has 1 aliphatic rings. The van der Waals surface area contributed by atoms with Gasteiger partial charge >= 0.3 is 0 Å². The van der Waals surface area contributed by atoms with Crippen molar-refractivity contribution in [2.75, 3.05) is 6.54 Å². The Balaban J connectivity index is 1.62. The number of rotatable bonds is 4. The number of nitrogens with one attached hydrogen (secondary N) is 1. The first kappa shape index (κ1) is 13.7. The molecule has 2 aromatic carbocycles. The number of benzene rings is 2. The molecule has 3 heteroatoms. The maximum absolute atomic E-state index is 10.3. The van der Waals surface area contributed by atoms with Gasteiger partial charge in [0.05, 0.1) is 12.1 Å². The van der Waals surface area contributed by atoms with E-state index in [4.69, 9.17) is 0 Å². The molecule has 0 spiro atoms. The van der Waals surface area contributed by atoms with E-state index in [0.29, 0.717) is 6.54 Å². The number of aliphatic hydroxyl groups is 1. The summed E-state index contributed by atoms with van der Waals surface area (Å²) < 4.78 is 0. The van der Waals surface area contributed by atoms with E-state index in [-0.39, 0.29) is 6.04 Å². The number of thiophene rings is 1. The van der Waals surface area contributed by atoms with Gasteiger partial charge in [-0.2, -0.15) is 11.3 Å². The summed E-state index contributed by atoms with van der Waals surface area (Å²) in [5.74, 6) is 0. The number of fused-ring (bicyclic) bond motifs is 3. The standard InChI is InChI=1S/C19H17NOS/c21-18(13-9-10-22-12-13)11-20-19-16-7-3-1-5-14(16)15-6-2-4-8-17(15)19/h1-10,12,18-21H,11H2. The summed E-state index contributed by atoms with van der Waals surface area (Å²) in [5.41, 5.74) is 6.15. The van der Waals surface area contributed by atoms with Crippen molar-refractivity contribution in [3.63, 3.8) is 0 Å². The van der Waals surface area contributed by atoms with Crippen LogP contribution in [-0.2, 0) is 0 Å². The van der Waals surface area contributed by atoms with Crippen LogP contribution in [0, 0.1) is 0 Å². The van der Waals surface area contributed by atoms with Crippen LogP contribution in [-0.4, -0.2) is 11.7 Å². The molecule has 0 saturated heterocycles. The third-order valence-electron chi connectivity index (χ3n) is 4.28. The monoisotopic (exact) mass is 307 g/mol. The van der Waals surface area contributed by atoms with E-state index in [1.165, 1.54) is 22.3 Å². The van der Waals surface area contributed by atoms with Gasteiger partial charge in [-0.3, -0.25) is 0 Å². The molecule has 1 unspecified atom stereocenters. The zero-order valence-corrected chi connectivity index (χ0v) is 12.9. The molecule has 1 aliphatic carbocycles.